The Bertz CT molecular complexity index is 508. The topological polar surface area (TPSA) is 29.8 Å². The van der Waals surface area contributed by atoms with Gasteiger partial charge in [-0.05, 0) is 57.2 Å². The van der Waals surface area contributed by atoms with E-state index in [4.69, 9.17) is 4.42 Å². The average molecular weight is 248 g/mol. The molecule has 0 unspecified atom stereocenters. The summed E-state index contributed by atoms with van der Waals surface area (Å²) < 4.78 is 18.6. The molecule has 1 heterocycles. The molecule has 2 nitrogen and oxygen atoms in total. The van der Waals surface area contributed by atoms with E-state index in [1.54, 1.807) is 12.1 Å². The minimum atomic E-state index is -0.230. The highest BCUT2D eigenvalue weighted by molar-refractivity contribution is 5.57. The second kappa shape index (κ2) is 4.94. The lowest BCUT2D eigenvalue weighted by atomic mass is 10.1. The Kier molecular flexibility index (Phi) is 3.53. The summed E-state index contributed by atoms with van der Waals surface area (Å²) in [6.45, 7) is 7.30. The number of benzene rings is 1. The van der Waals surface area contributed by atoms with Crippen LogP contribution in [0.2, 0.25) is 0 Å². The zero-order valence-electron chi connectivity index (χ0n) is 11.0. The van der Waals surface area contributed by atoms with E-state index in [1.165, 1.54) is 12.1 Å². The minimum absolute atomic E-state index is 0.183. The van der Waals surface area contributed by atoms with Crippen LogP contribution >= 0.6 is 0 Å². The maximum Gasteiger partial charge on any atom is 0.158 e. The van der Waals surface area contributed by atoms with Crippen LogP contribution in [0.1, 0.15) is 26.5 Å². The molecule has 0 spiro atoms. The zero-order chi connectivity index (χ0) is 13.2. The Morgan fingerprint density at radius 1 is 1.06 bits per heavy atom. The van der Waals surface area contributed by atoms with Gasteiger partial charge in [-0.1, -0.05) is 0 Å². The molecule has 0 aliphatic carbocycles. The Labute approximate surface area is 107 Å². The van der Waals surface area contributed by atoms with E-state index in [0.29, 0.717) is 0 Å². The lowest BCUT2D eigenvalue weighted by Gasteiger charge is -2.15. The summed E-state index contributed by atoms with van der Waals surface area (Å²) in [5, 5.41) is 2.22. The molecule has 3 heteroatoms. The van der Waals surface area contributed by atoms with Crippen molar-refractivity contribution in [2.24, 2.45) is 0 Å². The van der Waals surface area contributed by atoms with Gasteiger partial charge in [-0.25, -0.2) is 4.39 Å². The van der Waals surface area contributed by atoms with Crippen LogP contribution in [0.25, 0.3) is 11.3 Å². The first-order chi connectivity index (χ1) is 8.44. The van der Waals surface area contributed by atoms with E-state index in [1.807, 2.05) is 12.1 Å². The van der Waals surface area contributed by atoms with Gasteiger partial charge in [-0.2, -0.15) is 0 Å². The van der Waals surface area contributed by atoms with Crippen molar-refractivity contribution in [2.75, 3.05) is 0 Å². The van der Waals surface area contributed by atoms with Crippen molar-refractivity contribution in [1.29, 1.82) is 0 Å². The normalized spacial score (nSPS) is 11.8. The molecule has 0 saturated heterocycles. The van der Waals surface area contributed by atoms with Gasteiger partial charge < -0.3 is 9.73 Å². The highest BCUT2D eigenvalue weighted by Crippen LogP contribution is 2.22. The van der Waals surface area contributed by atoms with E-state index >= 15 is 0 Å². The van der Waals surface area contributed by atoms with Gasteiger partial charge in [0, 0.05) is 5.56 Å². The fourth-order valence-electron chi connectivity index (χ4n) is 1.66. The summed E-state index contributed by atoms with van der Waals surface area (Å²) in [5.74, 6) is 1.49. The molecule has 0 aliphatic rings. The zero-order valence-corrected chi connectivity index (χ0v) is 11.0. The molecule has 2 N–H and O–H groups in total. The molecular weight excluding hydrogens is 229 g/mol. The third-order valence-electron chi connectivity index (χ3n) is 2.71. The molecule has 96 valence electrons. The monoisotopic (exact) mass is 248 g/mol. The summed E-state index contributed by atoms with van der Waals surface area (Å²) in [5.41, 5.74) is 1.08. The van der Waals surface area contributed by atoms with Gasteiger partial charge >= 0.3 is 0 Å². The van der Waals surface area contributed by atoms with E-state index in [2.05, 4.69) is 26.1 Å². The molecule has 0 aliphatic heterocycles. The maximum atomic E-state index is 12.8. The standard InChI is InChI=1S/C15H18FNO/c1-15(2,3)17-10-13-8-9-14(18-13)11-4-6-12(16)7-5-11/h4-9,17H,10H2,1-3H3/p+1. The van der Waals surface area contributed by atoms with Crippen molar-refractivity contribution in [3.63, 3.8) is 0 Å². The molecular formula is C15H19FNO+. The number of nitrogens with two attached hydrogens (primary N) is 1. The number of furan rings is 1. The van der Waals surface area contributed by atoms with E-state index in [-0.39, 0.29) is 11.4 Å². The lowest BCUT2D eigenvalue weighted by Crippen LogP contribution is -2.92. The van der Waals surface area contributed by atoms with Gasteiger partial charge in [0.2, 0.25) is 0 Å². The molecule has 1 aromatic carbocycles. The van der Waals surface area contributed by atoms with Gasteiger partial charge in [0.1, 0.15) is 18.1 Å². The van der Waals surface area contributed by atoms with Crippen LogP contribution in [0.5, 0.6) is 0 Å². The molecule has 2 aromatic rings. The largest absolute Gasteiger partial charge is 0.455 e. The van der Waals surface area contributed by atoms with Crippen molar-refractivity contribution >= 4 is 0 Å². The molecule has 18 heavy (non-hydrogen) atoms. The first-order valence-corrected chi connectivity index (χ1v) is 6.13. The van der Waals surface area contributed by atoms with Crippen LogP contribution in [0.15, 0.2) is 40.8 Å². The number of halogens is 1. The second-order valence-corrected chi connectivity index (χ2v) is 5.55. The van der Waals surface area contributed by atoms with Gasteiger partial charge in [-0.15, -0.1) is 0 Å². The fourth-order valence-corrected chi connectivity index (χ4v) is 1.66. The van der Waals surface area contributed by atoms with Crippen LogP contribution in [0.3, 0.4) is 0 Å². The van der Waals surface area contributed by atoms with Crippen LogP contribution in [0, 0.1) is 5.82 Å². The SMILES string of the molecule is CC(C)(C)[NH2+]Cc1ccc(-c2ccc(F)cc2)o1. The smallest absolute Gasteiger partial charge is 0.158 e. The number of hydrogen-bond acceptors (Lipinski definition) is 1. The Morgan fingerprint density at radius 2 is 1.72 bits per heavy atom. The highest BCUT2D eigenvalue weighted by Gasteiger charge is 2.14. The summed E-state index contributed by atoms with van der Waals surface area (Å²) in [7, 11) is 0. The Balaban J connectivity index is 2.08. The molecule has 0 bridgehead atoms. The lowest BCUT2D eigenvalue weighted by molar-refractivity contribution is -0.732. The van der Waals surface area contributed by atoms with Crippen molar-refractivity contribution in [1.82, 2.24) is 0 Å². The minimum Gasteiger partial charge on any atom is -0.455 e. The van der Waals surface area contributed by atoms with Crippen molar-refractivity contribution in [3.05, 3.63) is 48.0 Å². The molecule has 0 atom stereocenters. The molecule has 0 fully saturated rings. The highest BCUT2D eigenvalue weighted by atomic mass is 19.1. The van der Waals surface area contributed by atoms with Crippen LogP contribution in [-0.2, 0) is 6.54 Å². The maximum absolute atomic E-state index is 12.8. The van der Waals surface area contributed by atoms with E-state index in [9.17, 15) is 4.39 Å². The van der Waals surface area contributed by atoms with Crippen molar-refractivity contribution < 1.29 is 14.1 Å². The number of hydrogen-bond donors (Lipinski definition) is 1. The molecule has 0 radical (unpaired) electrons. The van der Waals surface area contributed by atoms with Gasteiger partial charge in [0.25, 0.3) is 0 Å². The first kappa shape index (κ1) is 12.8. The van der Waals surface area contributed by atoms with E-state index in [0.717, 1.165) is 23.6 Å². The third-order valence-corrected chi connectivity index (χ3v) is 2.71. The van der Waals surface area contributed by atoms with Gasteiger partial charge in [0.05, 0.1) is 5.54 Å². The quantitative estimate of drug-likeness (QED) is 0.889. The summed E-state index contributed by atoms with van der Waals surface area (Å²) >= 11 is 0. The molecule has 2 rings (SSSR count). The molecule has 0 saturated carbocycles. The van der Waals surface area contributed by atoms with Crippen LogP contribution < -0.4 is 5.32 Å². The summed E-state index contributed by atoms with van der Waals surface area (Å²) in [6.07, 6.45) is 0. The number of quaternary nitrogens is 1. The van der Waals surface area contributed by atoms with Gasteiger partial charge in [-0.3, -0.25) is 0 Å². The Hall–Kier alpha value is -1.61. The van der Waals surface area contributed by atoms with Crippen molar-refractivity contribution in [3.8, 4) is 11.3 Å². The second-order valence-electron chi connectivity index (χ2n) is 5.55. The molecule has 0 amide bonds. The van der Waals surface area contributed by atoms with Crippen LogP contribution in [0.4, 0.5) is 4.39 Å². The summed E-state index contributed by atoms with van der Waals surface area (Å²) in [4.78, 5) is 0. The van der Waals surface area contributed by atoms with Crippen LogP contribution in [-0.4, -0.2) is 5.54 Å². The van der Waals surface area contributed by atoms with Crippen molar-refractivity contribution in [2.45, 2.75) is 32.9 Å². The molecule has 1 aromatic heterocycles. The Morgan fingerprint density at radius 3 is 2.33 bits per heavy atom. The number of rotatable bonds is 3. The predicted molar refractivity (Wildman–Crippen MR) is 69.5 cm³/mol. The predicted octanol–water partition coefficient (Wildman–Crippen LogP) is 2.95. The fraction of sp³-hybridized carbons (Fsp3) is 0.333. The first-order valence-electron chi connectivity index (χ1n) is 6.13. The third kappa shape index (κ3) is 3.44. The average Bonchev–Trinajstić information content (AvgIpc) is 2.75. The summed E-state index contributed by atoms with van der Waals surface area (Å²) in [6, 6.07) is 10.2. The van der Waals surface area contributed by atoms with E-state index < -0.39 is 0 Å². The van der Waals surface area contributed by atoms with Gasteiger partial charge in [0.15, 0.2) is 5.76 Å².